The van der Waals surface area contributed by atoms with Gasteiger partial charge in [-0.05, 0) is 31.9 Å². The Kier molecular flexibility index (Phi) is 5.18. The monoisotopic (exact) mass is 345 g/mol. The fourth-order valence-electron chi connectivity index (χ4n) is 3.67. The third-order valence-corrected chi connectivity index (χ3v) is 5.01. The second kappa shape index (κ2) is 7.35. The molecule has 0 radical (unpaired) electrons. The van der Waals surface area contributed by atoms with Crippen LogP contribution in [0.25, 0.3) is 0 Å². The van der Waals surface area contributed by atoms with Crippen molar-refractivity contribution in [1.82, 2.24) is 4.90 Å². The van der Waals surface area contributed by atoms with Crippen molar-refractivity contribution < 1.29 is 24.2 Å². The molecule has 1 aromatic rings. The molecule has 2 aliphatic rings. The first kappa shape index (κ1) is 17.6. The number of nitrogens with zero attached hydrogens (tertiary/aromatic N) is 1. The summed E-state index contributed by atoms with van der Waals surface area (Å²) >= 11 is 0. The number of Topliss-reactive ketones (excluding diaryl/α,β-unsaturated/α-hetero) is 1. The van der Waals surface area contributed by atoms with Crippen molar-refractivity contribution in [3.05, 3.63) is 29.8 Å². The number of carbonyl (C=O) groups excluding carboxylic acids is 3. The highest BCUT2D eigenvalue weighted by Crippen LogP contribution is 2.37. The number of carbonyl (C=O) groups is 3. The molecular formula is C19H23NO5. The fraction of sp³-hybridized carbons (Fsp3) is 0.526. The smallest absolute Gasteiger partial charge is 0.233 e. The molecule has 1 aliphatic carbocycles. The zero-order chi connectivity index (χ0) is 18.0. The van der Waals surface area contributed by atoms with Gasteiger partial charge in [0.05, 0.1) is 18.4 Å². The van der Waals surface area contributed by atoms with Crippen LogP contribution in [0.15, 0.2) is 24.3 Å². The van der Waals surface area contributed by atoms with Crippen molar-refractivity contribution in [3.8, 4) is 5.75 Å². The van der Waals surface area contributed by atoms with Gasteiger partial charge in [-0.1, -0.05) is 25.0 Å². The lowest BCUT2D eigenvalue weighted by Crippen LogP contribution is -2.40. The molecule has 1 aliphatic heterocycles. The molecule has 0 unspecified atom stereocenters. The maximum Gasteiger partial charge on any atom is 0.233 e. The van der Waals surface area contributed by atoms with Gasteiger partial charge in [0.2, 0.25) is 11.8 Å². The molecule has 0 aromatic heterocycles. The largest absolute Gasteiger partial charge is 0.491 e. The Bertz CT molecular complexity index is 662. The van der Waals surface area contributed by atoms with Gasteiger partial charge in [0.15, 0.2) is 5.78 Å². The molecule has 1 heterocycles. The average molecular weight is 345 g/mol. The summed E-state index contributed by atoms with van der Waals surface area (Å²) in [5.74, 6) is -0.329. The molecule has 1 aromatic carbocycles. The summed E-state index contributed by atoms with van der Waals surface area (Å²) in [5.41, 5.74) is 0.529. The lowest BCUT2D eigenvalue weighted by molar-refractivity contribution is -0.141. The minimum atomic E-state index is -0.964. The minimum absolute atomic E-state index is 0.0446. The van der Waals surface area contributed by atoms with E-state index in [0.29, 0.717) is 11.3 Å². The molecule has 2 fully saturated rings. The van der Waals surface area contributed by atoms with Crippen LogP contribution in [-0.2, 0) is 9.59 Å². The minimum Gasteiger partial charge on any atom is -0.491 e. The zero-order valence-electron chi connectivity index (χ0n) is 14.3. The van der Waals surface area contributed by atoms with Crippen LogP contribution in [0.3, 0.4) is 0 Å². The number of hydrogen-bond donors (Lipinski definition) is 1. The zero-order valence-corrected chi connectivity index (χ0v) is 14.3. The summed E-state index contributed by atoms with van der Waals surface area (Å²) in [4.78, 5) is 37.4. The molecule has 0 spiro atoms. The highest BCUT2D eigenvalue weighted by molar-refractivity contribution is 6.05. The Morgan fingerprint density at radius 3 is 2.48 bits per heavy atom. The Balaban J connectivity index is 1.56. The van der Waals surface area contributed by atoms with E-state index in [1.54, 1.807) is 24.3 Å². The summed E-state index contributed by atoms with van der Waals surface area (Å²) < 4.78 is 5.51. The molecule has 6 heteroatoms. The van der Waals surface area contributed by atoms with Crippen molar-refractivity contribution in [2.45, 2.75) is 38.7 Å². The lowest BCUT2D eigenvalue weighted by Gasteiger charge is -2.19. The molecule has 6 nitrogen and oxygen atoms in total. The molecular weight excluding hydrogens is 322 g/mol. The summed E-state index contributed by atoms with van der Waals surface area (Å²) in [6, 6.07) is 6.70. The Morgan fingerprint density at radius 2 is 1.88 bits per heavy atom. The number of aliphatic hydroxyl groups excluding tert-OH is 1. The number of ether oxygens (including phenoxy) is 1. The van der Waals surface area contributed by atoms with E-state index < -0.39 is 6.10 Å². The SMILES string of the molecule is CC(=O)c1cccc(OC[C@H](O)CN2C(=O)[C@@H]3CCCC[C@H]3C2=O)c1. The standard InChI is InChI=1S/C19H23NO5/c1-12(21)13-5-4-6-15(9-13)25-11-14(22)10-20-18(23)16-7-2-3-8-17(16)19(20)24/h4-6,9,14,16-17,22H,2-3,7-8,10-11H2,1H3/t14-,16-,17-/m1/s1. The average Bonchev–Trinajstić information content (AvgIpc) is 2.85. The Hall–Kier alpha value is -2.21. The van der Waals surface area contributed by atoms with E-state index in [1.165, 1.54) is 11.8 Å². The quantitative estimate of drug-likeness (QED) is 0.628. The van der Waals surface area contributed by atoms with Gasteiger partial charge < -0.3 is 9.84 Å². The number of β-amino-alcohol motifs (C(OH)–C–C–N with tert-alkyl or cyclic N) is 1. The number of benzene rings is 1. The fourth-order valence-corrected chi connectivity index (χ4v) is 3.67. The van der Waals surface area contributed by atoms with Crippen molar-refractivity contribution in [3.63, 3.8) is 0 Å². The normalized spacial score (nSPS) is 24.2. The molecule has 0 bridgehead atoms. The second-order valence-electron chi connectivity index (χ2n) is 6.83. The van der Waals surface area contributed by atoms with E-state index in [0.717, 1.165) is 25.7 Å². The number of amides is 2. The number of hydrogen-bond acceptors (Lipinski definition) is 5. The first-order valence-electron chi connectivity index (χ1n) is 8.74. The summed E-state index contributed by atoms with van der Waals surface area (Å²) in [7, 11) is 0. The van der Waals surface area contributed by atoms with Crippen LogP contribution >= 0.6 is 0 Å². The van der Waals surface area contributed by atoms with Gasteiger partial charge in [0.1, 0.15) is 18.5 Å². The van der Waals surface area contributed by atoms with Crippen LogP contribution in [0.2, 0.25) is 0 Å². The van der Waals surface area contributed by atoms with Crippen molar-refractivity contribution in [1.29, 1.82) is 0 Å². The van der Waals surface area contributed by atoms with E-state index >= 15 is 0 Å². The van der Waals surface area contributed by atoms with E-state index in [1.807, 2.05) is 0 Å². The van der Waals surface area contributed by atoms with Crippen LogP contribution in [-0.4, -0.2) is 46.9 Å². The maximum atomic E-state index is 12.4. The predicted molar refractivity (Wildman–Crippen MR) is 90.1 cm³/mol. The summed E-state index contributed by atoms with van der Waals surface area (Å²) in [6.45, 7) is 1.38. The van der Waals surface area contributed by atoms with Crippen LogP contribution < -0.4 is 4.74 Å². The summed E-state index contributed by atoms with van der Waals surface area (Å²) in [6.07, 6.45) is 2.51. The molecule has 1 N–H and O–H groups in total. The molecule has 3 atom stereocenters. The van der Waals surface area contributed by atoms with Crippen LogP contribution in [0, 0.1) is 11.8 Å². The van der Waals surface area contributed by atoms with Crippen LogP contribution in [0.5, 0.6) is 5.75 Å². The van der Waals surface area contributed by atoms with Crippen molar-refractivity contribution in [2.75, 3.05) is 13.2 Å². The number of likely N-dealkylation sites (tertiary alicyclic amines) is 1. The van der Waals surface area contributed by atoms with Crippen molar-refractivity contribution >= 4 is 17.6 Å². The van der Waals surface area contributed by atoms with Gasteiger partial charge in [0.25, 0.3) is 0 Å². The highest BCUT2D eigenvalue weighted by Gasteiger charge is 2.48. The maximum absolute atomic E-state index is 12.4. The third kappa shape index (κ3) is 3.74. The van der Waals surface area contributed by atoms with Gasteiger partial charge in [-0.15, -0.1) is 0 Å². The molecule has 134 valence electrons. The van der Waals surface area contributed by atoms with Gasteiger partial charge in [0, 0.05) is 5.56 Å². The Morgan fingerprint density at radius 1 is 1.24 bits per heavy atom. The predicted octanol–water partition coefficient (Wildman–Crippen LogP) is 1.80. The number of aliphatic hydroxyl groups is 1. The molecule has 2 amide bonds. The topological polar surface area (TPSA) is 83.9 Å². The molecule has 3 rings (SSSR count). The highest BCUT2D eigenvalue weighted by atomic mass is 16.5. The molecule has 1 saturated carbocycles. The van der Waals surface area contributed by atoms with E-state index in [9.17, 15) is 19.5 Å². The van der Waals surface area contributed by atoms with Crippen LogP contribution in [0.1, 0.15) is 43.0 Å². The second-order valence-corrected chi connectivity index (χ2v) is 6.83. The molecule has 1 saturated heterocycles. The van der Waals surface area contributed by atoms with Crippen LogP contribution in [0.4, 0.5) is 0 Å². The number of imide groups is 1. The van der Waals surface area contributed by atoms with Gasteiger partial charge in [-0.3, -0.25) is 19.3 Å². The van der Waals surface area contributed by atoms with Gasteiger partial charge in [-0.25, -0.2) is 0 Å². The van der Waals surface area contributed by atoms with Crippen molar-refractivity contribution in [2.24, 2.45) is 11.8 Å². The third-order valence-electron chi connectivity index (χ3n) is 5.01. The molecule has 25 heavy (non-hydrogen) atoms. The lowest BCUT2D eigenvalue weighted by atomic mass is 9.81. The number of ketones is 1. The summed E-state index contributed by atoms with van der Waals surface area (Å²) in [5, 5.41) is 10.2. The first-order valence-corrected chi connectivity index (χ1v) is 8.74. The Labute approximate surface area is 146 Å². The van der Waals surface area contributed by atoms with E-state index in [4.69, 9.17) is 4.74 Å². The van der Waals surface area contributed by atoms with E-state index in [-0.39, 0.29) is 42.6 Å². The number of rotatable bonds is 6. The number of fused-ring (bicyclic) bond motifs is 1. The first-order chi connectivity index (χ1) is 12.0. The van der Waals surface area contributed by atoms with Gasteiger partial charge in [-0.2, -0.15) is 0 Å². The van der Waals surface area contributed by atoms with E-state index in [2.05, 4.69) is 0 Å². The van der Waals surface area contributed by atoms with Gasteiger partial charge >= 0.3 is 0 Å².